The third kappa shape index (κ3) is 3.44. The summed E-state index contributed by atoms with van der Waals surface area (Å²) in [5.41, 5.74) is 1.16. The zero-order chi connectivity index (χ0) is 14.8. The average Bonchev–Trinajstić information content (AvgIpc) is 3.08. The van der Waals surface area contributed by atoms with Crippen LogP contribution in [0.15, 0.2) is 5.38 Å². The molecule has 0 unspecified atom stereocenters. The molecular weight excluding hydrogens is 284 g/mol. The van der Waals surface area contributed by atoms with Gasteiger partial charge in [-0.1, -0.05) is 6.92 Å². The number of hydrogen-bond donors (Lipinski definition) is 1. The van der Waals surface area contributed by atoms with Crippen molar-refractivity contribution in [1.29, 1.82) is 0 Å². The van der Waals surface area contributed by atoms with Crippen LogP contribution in [0.1, 0.15) is 17.6 Å². The van der Waals surface area contributed by atoms with Gasteiger partial charge in [-0.15, -0.1) is 11.3 Å². The Morgan fingerprint density at radius 2 is 2.14 bits per heavy atom. The molecule has 0 radical (unpaired) electrons. The van der Waals surface area contributed by atoms with Gasteiger partial charge in [0.15, 0.2) is 0 Å². The summed E-state index contributed by atoms with van der Waals surface area (Å²) < 4.78 is 0. The predicted octanol–water partition coefficient (Wildman–Crippen LogP) is 0.951. The van der Waals surface area contributed by atoms with Crippen LogP contribution in [0, 0.1) is 18.8 Å². The predicted molar refractivity (Wildman–Crippen MR) is 84.2 cm³/mol. The van der Waals surface area contributed by atoms with Crippen LogP contribution in [-0.2, 0) is 11.3 Å². The lowest BCUT2D eigenvalue weighted by Gasteiger charge is -2.36. The Labute approximate surface area is 130 Å². The monoisotopic (exact) mass is 308 g/mol. The van der Waals surface area contributed by atoms with Gasteiger partial charge in [0.2, 0.25) is 5.91 Å². The number of rotatable bonds is 3. The van der Waals surface area contributed by atoms with Gasteiger partial charge in [-0.05, 0) is 19.4 Å². The molecule has 0 aromatic carbocycles. The number of nitrogens with zero attached hydrogens (tertiary/aromatic N) is 3. The van der Waals surface area contributed by atoms with Crippen LogP contribution in [0.2, 0.25) is 0 Å². The second-order valence-corrected chi connectivity index (χ2v) is 7.26. The maximum absolute atomic E-state index is 12.5. The van der Waals surface area contributed by atoms with Crippen LogP contribution >= 0.6 is 11.3 Å². The average molecular weight is 308 g/mol. The molecule has 2 fully saturated rings. The highest BCUT2D eigenvalue weighted by atomic mass is 32.1. The molecule has 1 aromatic rings. The van der Waals surface area contributed by atoms with E-state index >= 15 is 0 Å². The number of carbonyl (C=O) groups is 1. The highest BCUT2D eigenvalue weighted by Gasteiger charge is 2.33. The van der Waals surface area contributed by atoms with Crippen molar-refractivity contribution in [3.8, 4) is 0 Å². The van der Waals surface area contributed by atoms with Crippen LogP contribution in [0.5, 0.6) is 0 Å². The van der Waals surface area contributed by atoms with E-state index in [4.69, 9.17) is 0 Å². The summed E-state index contributed by atoms with van der Waals surface area (Å²) in [6, 6.07) is 0. The summed E-state index contributed by atoms with van der Waals surface area (Å²) in [5.74, 6) is 0.989. The third-order valence-electron chi connectivity index (χ3n) is 4.57. The SMILES string of the molecule is Cc1nc(CN2CCN(C(=O)[C@@H]3CNC[C@H]3C)CC2)cs1. The van der Waals surface area contributed by atoms with Gasteiger partial charge in [0.05, 0.1) is 16.6 Å². The van der Waals surface area contributed by atoms with Crippen molar-refractivity contribution in [3.63, 3.8) is 0 Å². The highest BCUT2D eigenvalue weighted by Crippen LogP contribution is 2.20. The Balaban J connectivity index is 1.49. The minimum absolute atomic E-state index is 0.178. The molecule has 1 N–H and O–H groups in total. The maximum atomic E-state index is 12.5. The summed E-state index contributed by atoms with van der Waals surface area (Å²) >= 11 is 1.71. The molecule has 0 spiro atoms. The Bertz CT molecular complexity index is 496. The van der Waals surface area contributed by atoms with E-state index in [0.717, 1.165) is 56.5 Å². The van der Waals surface area contributed by atoms with E-state index in [-0.39, 0.29) is 5.92 Å². The second-order valence-electron chi connectivity index (χ2n) is 6.20. The van der Waals surface area contributed by atoms with Crippen LogP contribution in [-0.4, -0.2) is 60.0 Å². The lowest BCUT2D eigenvalue weighted by Crippen LogP contribution is -2.50. The van der Waals surface area contributed by atoms with Gasteiger partial charge in [0.25, 0.3) is 0 Å². The Hall–Kier alpha value is -0.980. The van der Waals surface area contributed by atoms with Crippen molar-refractivity contribution < 1.29 is 4.79 Å². The van der Waals surface area contributed by atoms with E-state index < -0.39 is 0 Å². The third-order valence-corrected chi connectivity index (χ3v) is 5.39. The molecule has 5 nitrogen and oxygen atoms in total. The van der Waals surface area contributed by atoms with Gasteiger partial charge in [0.1, 0.15) is 0 Å². The fraction of sp³-hybridized carbons (Fsp3) is 0.733. The van der Waals surface area contributed by atoms with Gasteiger partial charge in [-0.3, -0.25) is 9.69 Å². The smallest absolute Gasteiger partial charge is 0.227 e. The van der Waals surface area contributed by atoms with Crippen molar-refractivity contribution in [2.45, 2.75) is 20.4 Å². The van der Waals surface area contributed by atoms with Gasteiger partial charge >= 0.3 is 0 Å². The largest absolute Gasteiger partial charge is 0.340 e. The van der Waals surface area contributed by atoms with E-state index in [0.29, 0.717) is 11.8 Å². The fourth-order valence-electron chi connectivity index (χ4n) is 3.21. The summed E-state index contributed by atoms with van der Waals surface area (Å²) in [7, 11) is 0. The van der Waals surface area contributed by atoms with Crippen molar-refractivity contribution in [1.82, 2.24) is 20.1 Å². The van der Waals surface area contributed by atoms with E-state index in [1.165, 1.54) is 0 Å². The zero-order valence-corrected chi connectivity index (χ0v) is 13.7. The number of aromatic nitrogens is 1. The molecule has 21 heavy (non-hydrogen) atoms. The van der Waals surface area contributed by atoms with Crippen molar-refractivity contribution in [2.24, 2.45) is 11.8 Å². The molecular formula is C15H24N4OS. The molecule has 0 saturated carbocycles. The zero-order valence-electron chi connectivity index (χ0n) is 12.8. The molecule has 0 aliphatic carbocycles. The highest BCUT2D eigenvalue weighted by molar-refractivity contribution is 7.09. The van der Waals surface area contributed by atoms with E-state index in [2.05, 4.69) is 32.4 Å². The van der Waals surface area contributed by atoms with Gasteiger partial charge < -0.3 is 10.2 Å². The molecule has 2 aliphatic rings. The molecule has 1 amide bonds. The fourth-order valence-corrected chi connectivity index (χ4v) is 3.82. The summed E-state index contributed by atoms with van der Waals surface area (Å²) in [6.45, 7) is 10.6. The van der Waals surface area contributed by atoms with Gasteiger partial charge in [0, 0.05) is 44.6 Å². The Morgan fingerprint density at radius 1 is 1.38 bits per heavy atom. The Morgan fingerprint density at radius 3 is 2.71 bits per heavy atom. The van der Waals surface area contributed by atoms with Crippen LogP contribution in [0.4, 0.5) is 0 Å². The number of amides is 1. The second kappa shape index (κ2) is 6.42. The van der Waals surface area contributed by atoms with Crippen LogP contribution in [0.25, 0.3) is 0 Å². The topological polar surface area (TPSA) is 48.5 Å². The number of aryl methyl sites for hydroxylation is 1. The Kier molecular flexibility index (Phi) is 4.57. The van der Waals surface area contributed by atoms with E-state index in [1.54, 1.807) is 11.3 Å². The number of hydrogen-bond acceptors (Lipinski definition) is 5. The first-order chi connectivity index (χ1) is 10.1. The summed E-state index contributed by atoms with van der Waals surface area (Å²) in [4.78, 5) is 21.5. The molecule has 0 bridgehead atoms. The number of thiazole rings is 1. The normalized spacial score (nSPS) is 27.2. The molecule has 116 valence electrons. The maximum Gasteiger partial charge on any atom is 0.227 e. The number of nitrogens with one attached hydrogen (secondary N) is 1. The van der Waals surface area contributed by atoms with E-state index in [1.807, 2.05) is 6.92 Å². The molecule has 1 aromatic heterocycles. The lowest BCUT2D eigenvalue weighted by atomic mass is 9.96. The molecule has 2 atom stereocenters. The molecule has 3 rings (SSSR count). The molecule has 6 heteroatoms. The standard InChI is InChI=1S/C15H24N4OS/c1-11-7-16-8-14(11)15(20)19-5-3-18(4-6-19)9-13-10-21-12(2)17-13/h10-11,14,16H,3-9H2,1-2H3/t11-,14-/m1/s1. The van der Waals surface area contributed by atoms with Crippen LogP contribution < -0.4 is 5.32 Å². The summed E-state index contributed by atoms with van der Waals surface area (Å²) in [6.07, 6.45) is 0. The molecule has 2 aliphatic heterocycles. The quantitative estimate of drug-likeness (QED) is 0.903. The number of carbonyl (C=O) groups excluding carboxylic acids is 1. The first kappa shape index (κ1) is 14.9. The van der Waals surface area contributed by atoms with E-state index in [9.17, 15) is 4.79 Å². The lowest BCUT2D eigenvalue weighted by molar-refractivity contribution is -0.137. The number of piperazine rings is 1. The first-order valence-corrected chi connectivity index (χ1v) is 8.64. The summed E-state index contributed by atoms with van der Waals surface area (Å²) in [5, 5.41) is 6.58. The van der Waals surface area contributed by atoms with Crippen molar-refractivity contribution >= 4 is 17.2 Å². The minimum atomic E-state index is 0.178. The first-order valence-electron chi connectivity index (χ1n) is 7.76. The molecule has 3 heterocycles. The molecule has 2 saturated heterocycles. The van der Waals surface area contributed by atoms with Gasteiger partial charge in [-0.25, -0.2) is 4.98 Å². The van der Waals surface area contributed by atoms with Gasteiger partial charge in [-0.2, -0.15) is 0 Å². The van der Waals surface area contributed by atoms with Crippen LogP contribution in [0.3, 0.4) is 0 Å². The minimum Gasteiger partial charge on any atom is -0.340 e. The van der Waals surface area contributed by atoms with Crippen molar-refractivity contribution in [3.05, 3.63) is 16.1 Å². The van der Waals surface area contributed by atoms with Crippen molar-refractivity contribution in [2.75, 3.05) is 39.3 Å².